The highest BCUT2D eigenvalue weighted by atomic mass is 32.2. The van der Waals surface area contributed by atoms with Gasteiger partial charge in [0.2, 0.25) is 0 Å². The monoisotopic (exact) mass is 285 g/mol. The van der Waals surface area contributed by atoms with Crippen LogP contribution in [0.5, 0.6) is 0 Å². The number of esters is 1. The van der Waals surface area contributed by atoms with Gasteiger partial charge in [0, 0.05) is 11.9 Å². The van der Waals surface area contributed by atoms with E-state index < -0.39 is 15.8 Å². The van der Waals surface area contributed by atoms with Crippen molar-refractivity contribution in [1.82, 2.24) is 0 Å². The van der Waals surface area contributed by atoms with Crippen LogP contribution in [0.2, 0.25) is 0 Å². The van der Waals surface area contributed by atoms with E-state index in [1.807, 2.05) is 13.0 Å². The first kappa shape index (κ1) is 15.5. The lowest BCUT2D eigenvalue weighted by atomic mass is 10.0. The molecule has 0 bridgehead atoms. The molecule has 1 aromatic rings. The number of carbonyl (C=O) groups is 1. The Morgan fingerprint density at radius 2 is 1.89 bits per heavy atom. The van der Waals surface area contributed by atoms with Crippen molar-refractivity contribution < 1.29 is 17.9 Å². The summed E-state index contributed by atoms with van der Waals surface area (Å²) in [6, 6.07) is 3.41. The Balaban J connectivity index is 2.62. The predicted molar refractivity (Wildman–Crippen MR) is 74.9 cm³/mol. The SMILES string of the molecule is Cc1cc(C)c(C(=O)OCCCS(C)(=O)=O)cc1N. The van der Waals surface area contributed by atoms with Crippen LogP contribution in [0.15, 0.2) is 12.1 Å². The van der Waals surface area contributed by atoms with E-state index in [-0.39, 0.29) is 12.4 Å². The summed E-state index contributed by atoms with van der Waals surface area (Å²) in [6.45, 7) is 3.75. The Kier molecular flexibility index (Phi) is 4.94. The summed E-state index contributed by atoms with van der Waals surface area (Å²) < 4.78 is 26.9. The number of ether oxygens (including phenoxy) is 1. The van der Waals surface area contributed by atoms with E-state index in [9.17, 15) is 13.2 Å². The third-order valence-electron chi connectivity index (χ3n) is 2.73. The fourth-order valence-corrected chi connectivity index (χ4v) is 2.29. The quantitative estimate of drug-likeness (QED) is 0.503. The van der Waals surface area contributed by atoms with E-state index in [1.165, 1.54) is 0 Å². The Hall–Kier alpha value is -1.56. The summed E-state index contributed by atoms with van der Waals surface area (Å²) >= 11 is 0. The maximum absolute atomic E-state index is 11.8. The molecule has 0 unspecified atom stereocenters. The second kappa shape index (κ2) is 6.06. The number of hydrogen-bond donors (Lipinski definition) is 1. The molecule has 0 aromatic heterocycles. The molecule has 0 fully saturated rings. The zero-order valence-electron chi connectivity index (χ0n) is 11.4. The average Bonchev–Trinajstić information content (AvgIpc) is 2.28. The fourth-order valence-electron chi connectivity index (χ4n) is 1.65. The second-order valence-corrected chi connectivity index (χ2v) is 6.90. The number of anilines is 1. The average molecular weight is 285 g/mol. The van der Waals surface area contributed by atoms with E-state index in [1.54, 1.807) is 13.0 Å². The number of carbonyl (C=O) groups excluding carboxylic acids is 1. The standard InChI is InChI=1S/C13H19NO4S/c1-9-7-10(2)12(14)8-11(9)13(15)18-5-4-6-19(3,16)17/h7-8H,4-6,14H2,1-3H3. The molecule has 5 nitrogen and oxygen atoms in total. The lowest BCUT2D eigenvalue weighted by Gasteiger charge is -2.09. The van der Waals surface area contributed by atoms with Crippen LogP contribution in [-0.4, -0.2) is 33.0 Å². The summed E-state index contributed by atoms with van der Waals surface area (Å²) in [5.74, 6) is -0.465. The summed E-state index contributed by atoms with van der Waals surface area (Å²) in [5, 5.41) is 0. The smallest absolute Gasteiger partial charge is 0.338 e. The summed E-state index contributed by atoms with van der Waals surface area (Å²) in [6.07, 6.45) is 1.45. The summed E-state index contributed by atoms with van der Waals surface area (Å²) in [4.78, 5) is 11.8. The fraction of sp³-hybridized carbons (Fsp3) is 0.462. The molecule has 0 amide bonds. The Labute approximate surface area is 113 Å². The second-order valence-electron chi connectivity index (χ2n) is 4.64. The van der Waals surface area contributed by atoms with Gasteiger partial charge >= 0.3 is 5.97 Å². The van der Waals surface area contributed by atoms with Crippen molar-refractivity contribution in [3.05, 3.63) is 28.8 Å². The number of nitrogen functional groups attached to an aromatic ring is 1. The van der Waals surface area contributed by atoms with Crippen LogP contribution in [0.25, 0.3) is 0 Å². The molecule has 0 spiro atoms. The number of sulfone groups is 1. The molecular weight excluding hydrogens is 266 g/mol. The maximum Gasteiger partial charge on any atom is 0.338 e. The van der Waals surface area contributed by atoms with Crippen molar-refractivity contribution in [2.24, 2.45) is 0 Å². The first-order chi connectivity index (χ1) is 8.70. The molecular formula is C13H19NO4S. The molecule has 19 heavy (non-hydrogen) atoms. The molecule has 0 saturated carbocycles. The van der Waals surface area contributed by atoms with Gasteiger partial charge in [0.25, 0.3) is 0 Å². The van der Waals surface area contributed by atoms with E-state index in [0.29, 0.717) is 17.7 Å². The number of aryl methyl sites for hydroxylation is 2. The zero-order valence-corrected chi connectivity index (χ0v) is 12.2. The molecule has 6 heteroatoms. The molecule has 1 rings (SSSR count). The first-order valence-electron chi connectivity index (χ1n) is 5.92. The molecule has 0 aliphatic heterocycles. The van der Waals surface area contributed by atoms with Gasteiger partial charge in [-0.05, 0) is 37.5 Å². The molecule has 1 aromatic carbocycles. The van der Waals surface area contributed by atoms with Crippen LogP contribution in [0.3, 0.4) is 0 Å². The largest absolute Gasteiger partial charge is 0.462 e. The number of hydrogen-bond acceptors (Lipinski definition) is 5. The highest BCUT2D eigenvalue weighted by Crippen LogP contribution is 2.18. The molecule has 0 aliphatic carbocycles. The van der Waals surface area contributed by atoms with Crippen LogP contribution in [0.1, 0.15) is 27.9 Å². The predicted octanol–water partition coefficient (Wildman–Crippen LogP) is 1.48. The van der Waals surface area contributed by atoms with Crippen LogP contribution in [-0.2, 0) is 14.6 Å². The Morgan fingerprint density at radius 3 is 2.47 bits per heavy atom. The molecule has 2 N–H and O–H groups in total. The number of benzene rings is 1. The van der Waals surface area contributed by atoms with Crippen LogP contribution in [0, 0.1) is 13.8 Å². The zero-order chi connectivity index (χ0) is 14.6. The summed E-state index contributed by atoms with van der Waals surface area (Å²) in [5.41, 5.74) is 8.41. The minimum absolute atomic E-state index is 0.00923. The van der Waals surface area contributed by atoms with Crippen molar-refractivity contribution in [3.8, 4) is 0 Å². The molecule has 0 aliphatic rings. The van der Waals surface area contributed by atoms with Gasteiger partial charge in [-0.1, -0.05) is 6.07 Å². The van der Waals surface area contributed by atoms with Gasteiger partial charge in [-0.25, -0.2) is 13.2 Å². The van der Waals surface area contributed by atoms with Crippen molar-refractivity contribution >= 4 is 21.5 Å². The number of nitrogens with two attached hydrogens (primary N) is 1. The first-order valence-corrected chi connectivity index (χ1v) is 7.98. The van der Waals surface area contributed by atoms with E-state index in [2.05, 4.69) is 0 Å². The van der Waals surface area contributed by atoms with Gasteiger partial charge in [-0.3, -0.25) is 0 Å². The lowest BCUT2D eigenvalue weighted by Crippen LogP contribution is -2.12. The van der Waals surface area contributed by atoms with Gasteiger partial charge in [0.1, 0.15) is 9.84 Å². The normalized spacial score (nSPS) is 11.3. The highest BCUT2D eigenvalue weighted by molar-refractivity contribution is 7.90. The Morgan fingerprint density at radius 1 is 1.26 bits per heavy atom. The third-order valence-corrected chi connectivity index (χ3v) is 3.76. The van der Waals surface area contributed by atoms with Gasteiger partial charge in [-0.2, -0.15) is 0 Å². The molecule has 0 saturated heterocycles. The van der Waals surface area contributed by atoms with Crippen molar-refractivity contribution in [3.63, 3.8) is 0 Å². The Bertz CT molecular complexity index is 579. The van der Waals surface area contributed by atoms with Crippen molar-refractivity contribution in [2.45, 2.75) is 20.3 Å². The topological polar surface area (TPSA) is 86.5 Å². The van der Waals surface area contributed by atoms with Crippen LogP contribution < -0.4 is 5.73 Å². The van der Waals surface area contributed by atoms with E-state index in [4.69, 9.17) is 10.5 Å². The van der Waals surface area contributed by atoms with Gasteiger partial charge in [0.15, 0.2) is 0 Å². The van der Waals surface area contributed by atoms with Crippen LogP contribution >= 0.6 is 0 Å². The van der Waals surface area contributed by atoms with Gasteiger partial charge in [-0.15, -0.1) is 0 Å². The minimum atomic E-state index is -3.02. The van der Waals surface area contributed by atoms with Crippen molar-refractivity contribution in [2.75, 3.05) is 24.3 Å². The minimum Gasteiger partial charge on any atom is -0.462 e. The third kappa shape index (κ3) is 4.90. The van der Waals surface area contributed by atoms with E-state index >= 15 is 0 Å². The van der Waals surface area contributed by atoms with E-state index in [0.717, 1.165) is 17.4 Å². The molecule has 106 valence electrons. The molecule has 0 heterocycles. The highest BCUT2D eigenvalue weighted by Gasteiger charge is 2.12. The maximum atomic E-state index is 11.8. The molecule has 0 atom stereocenters. The number of rotatable bonds is 5. The van der Waals surface area contributed by atoms with Crippen LogP contribution in [0.4, 0.5) is 5.69 Å². The summed E-state index contributed by atoms with van der Waals surface area (Å²) in [7, 11) is -3.02. The van der Waals surface area contributed by atoms with Gasteiger partial charge in [0.05, 0.1) is 17.9 Å². The van der Waals surface area contributed by atoms with Gasteiger partial charge < -0.3 is 10.5 Å². The molecule has 0 radical (unpaired) electrons. The lowest BCUT2D eigenvalue weighted by molar-refractivity contribution is 0.0505. The van der Waals surface area contributed by atoms with Crippen molar-refractivity contribution in [1.29, 1.82) is 0 Å².